The Morgan fingerprint density at radius 1 is 0.727 bits per heavy atom. The summed E-state index contributed by atoms with van der Waals surface area (Å²) in [6.07, 6.45) is 6.21. The molecule has 8 rings (SSSR count). The number of esters is 1. The monoisotopic (exact) mass is 829 g/mol. The fourth-order valence-corrected chi connectivity index (χ4v) is 10.9. The van der Waals surface area contributed by atoms with Crippen molar-refractivity contribution in [1.82, 2.24) is 0 Å². The second-order valence-electron chi connectivity index (χ2n) is 12.5. The number of rotatable bonds is 9. The molecule has 0 amide bonds. The number of carbonyl (C=O) groups excluding carboxylic acids is 1. The second kappa shape index (κ2) is 12.9. The van der Waals surface area contributed by atoms with Crippen LogP contribution < -0.4 is 9.47 Å². The summed E-state index contributed by atoms with van der Waals surface area (Å²) in [5.74, 6) is 4.59. The highest BCUT2D eigenvalue weighted by atomic mass is 127. The van der Waals surface area contributed by atoms with Crippen LogP contribution in [0.2, 0.25) is 0 Å². The first kappa shape index (κ1) is 30.4. The van der Waals surface area contributed by atoms with Crippen LogP contribution in [0.5, 0.6) is 17.2 Å². The molecule has 0 aromatic heterocycles. The van der Waals surface area contributed by atoms with Gasteiger partial charge in [0.1, 0.15) is 22.8 Å². The van der Waals surface area contributed by atoms with Crippen LogP contribution in [0, 0.1) is 30.8 Å². The number of benzene rings is 4. The van der Waals surface area contributed by atoms with Crippen LogP contribution in [-0.4, -0.2) is 18.2 Å². The molecule has 0 N–H and O–H groups in total. The fraction of sp³-hybridized carbons (Fsp3) is 0.324. The highest BCUT2D eigenvalue weighted by Gasteiger charge is 2.57. The van der Waals surface area contributed by atoms with E-state index in [9.17, 15) is 4.79 Å². The van der Waals surface area contributed by atoms with Gasteiger partial charge in [0.15, 0.2) is 21.3 Å². The molecule has 226 valence electrons. The topological polar surface area (TPSA) is 44.8 Å². The van der Waals surface area contributed by atoms with Gasteiger partial charge in [0, 0.05) is 0 Å². The maximum absolute atomic E-state index is 13.0. The van der Waals surface area contributed by atoms with Crippen molar-refractivity contribution in [3.05, 3.63) is 104 Å². The highest BCUT2D eigenvalue weighted by Crippen LogP contribution is 2.59. The van der Waals surface area contributed by atoms with Crippen molar-refractivity contribution in [3.63, 3.8) is 0 Å². The third-order valence-electron chi connectivity index (χ3n) is 9.67. The van der Waals surface area contributed by atoms with Crippen LogP contribution in [0.15, 0.2) is 112 Å². The number of hydrogen-bond acceptors (Lipinski definition) is 4. The smallest absolute Gasteiger partial charge is 0.344 e. The summed E-state index contributed by atoms with van der Waals surface area (Å²) in [4.78, 5) is 16.8. The van der Waals surface area contributed by atoms with E-state index in [1.807, 2.05) is 24.3 Å². The summed E-state index contributed by atoms with van der Waals surface area (Å²) in [5, 5.41) is 0. The van der Waals surface area contributed by atoms with E-state index in [0.29, 0.717) is 17.6 Å². The fourth-order valence-electron chi connectivity index (χ4n) is 7.69. The Bertz CT molecular complexity index is 1560. The van der Waals surface area contributed by atoms with Crippen molar-refractivity contribution >= 4 is 62.0 Å². The van der Waals surface area contributed by atoms with Gasteiger partial charge in [-0.2, -0.15) is 0 Å². The summed E-state index contributed by atoms with van der Waals surface area (Å²) in [7, 11) is -0.206. The Kier molecular flexibility index (Phi) is 8.90. The molecule has 4 nitrogen and oxygen atoms in total. The minimum absolute atomic E-state index is 0.0829. The quantitative estimate of drug-likeness (QED) is 0.0958. The number of ether oxygens (including phenoxy) is 3. The third kappa shape index (κ3) is 6.25. The van der Waals surface area contributed by atoms with Crippen molar-refractivity contribution in [2.45, 2.75) is 59.3 Å². The summed E-state index contributed by atoms with van der Waals surface area (Å²) in [6.45, 7) is 2.09. The molecule has 0 spiro atoms. The van der Waals surface area contributed by atoms with Gasteiger partial charge < -0.3 is 14.2 Å². The van der Waals surface area contributed by atoms with E-state index in [2.05, 4.69) is 125 Å². The normalized spacial score (nSPS) is 25.2. The lowest BCUT2D eigenvalue weighted by Crippen LogP contribution is -2.58. The average molecular weight is 830 g/mol. The highest BCUT2D eigenvalue weighted by molar-refractivity contribution is 14.1. The Balaban J connectivity index is 1.01. The van der Waals surface area contributed by atoms with Gasteiger partial charge in [-0.25, -0.2) is 4.79 Å². The predicted molar refractivity (Wildman–Crippen MR) is 190 cm³/mol. The first-order valence-electron chi connectivity index (χ1n) is 15.3. The first-order valence-corrected chi connectivity index (χ1v) is 18.7. The third-order valence-corrected chi connectivity index (χ3v) is 13.6. The first-order chi connectivity index (χ1) is 21.4. The average Bonchev–Trinajstić information content (AvgIpc) is 3.02. The van der Waals surface area contributed by atoms with E-state index in [-0.39, 0.29) is 29.1 Å². The molecule has 4 saturated carbocycles. The Labute approximate surface area is 289 Å². The van der Waals surface area contributed by atoms with Gasteiger partial charge in [-0.05, 0) is 169 Å². The lowest BCUT2D eigenvalue weighted by molar-refractivity contribution is -0.204. The van der Waals surface area contributed by atoms with E-state index in [1.165, 1.54) is 46.8 Å². The molecule has 4 aliphatic carbocycles. The molecular weight excluding hydrogens is 794 g/mol. The van der Waals surface area contributed by atoms with Crippen molar-refractivity contribution in [1.29, 1.82) is 0 Å². The summed E-state index contributed by atoms with van der Waals surface area (Å²) < 4.78 is 20.3. The van der Waals surface area contributed by atoms with Gasteiger partial charge in [-0.15, -0.1) is 0 Å². The van der Waals surface area contributed by atoms with Gasteiger partial charge in [-0.3, -0.25) is 0 Å². The van der Waals surface area contributed by atoms with Crippen LogP contribution in [0.1, 0.15) is 39.0 Å². The predicted octanol–water partition coefficient (Wildman–Crippen LogP) is 9.92. The van der Waals surface area contributed by atoms with Crippen LogP contribution in [-0.2, 0) is 20.4 Å². The Hall–Kier alpha value is -2.24. The Morgan fingerprint density at radius 2 is 1.23 bits per heavy atom. The standard InChI is InChI=1S/C37H35I2O4S/c1-37(26-17-24-16-25(19-26)20-27(37)18-24)43-36(40)23-41-34-21-33(39)35(22-32(34)38)42-28-12-14-31(15-13-28)44(29-8-4-2-5-9-29)30-10-6-3-7-11-30/h2-15,21-22,24-27H,16-20,23H2,1H3/q+1. The molecule has 0 unspecified atom stereocenters. The largest absolute Gasteiger partial charge is 0.481 e. The molecule has 44 heavy (non-hydrogen) atoms. The zero-order valence-corrected chi connectivity index (χ0v) is 29.7. The molecule has 0 saturated heterocycles. The van der Waals surface area contributed by atoms with E-state index in [0.717, 1.165) is 30.5 Å². The van der Waals surface area contributed by atoms with E-state index >= 15 is 0 Å². The molecule has 4 aromatic carbocycles. The molecule has 4 fully saturated rings. The Morgan fingerprint density at radius 3 is 1.80 bits per heavy atom. The van der Waals surface area contributed by atoms with Crippen molar-refractivity contribution in [3.8, 4) is 17.2 Å². The number of carbonyl (C=O) groups is 1. The summed E-state index contributed by atoms with van der Waals surface area (Å²) in [6, 6.07) is 33.6. The molecule has 0 radical (unpaired) electrons. The minimum atomic E-state index is -0.342. The van der Waals surface area contributed by atoms with E-state index in [4.69, 9.17) is 14.2 Å². The van der Waals surface area contributed by atoms with E-state index < -0.39 is 0 Å². The maximum atomic E-state index is 13.0. The van der Waals surface area contributed by atoms with Gasteiger partial charge >= 0.3 is 5.97 Å². The van der Waals surface area contributed by atoms with Gasteiger partial charge in [-0.1, -0.05) is 36.4 Å². The summed E-state index contributed by atoms with van der Waals surface area (Å²) in [5.41, 5.74) is -0.342. The molecule has 0 aliphatic heterocycles. The zero-order chi connectivity index (χ0) is 30.3. The zero-order valence-electron chi connectivity index (χ0n) is 24.6. The van der Waals surface area contributed by atoms with Crippen LogP contribution >= 0.6 is 45.2 Å². The summed E-state index contributed by atoms with van der Waals surface area (Å²) >= 11 is 4.51. The van der Waals surface area contributed by atoms with Gasteiger partial charge in [0.2, 0.25) is 0 Å². The molecule has 7 heteroatoms. The number of hydrogen-bond donors (Lipinski definition) is 0. The van der Waals surface area contributed by atoms with Crippen LogP contribution in [0.25, 0.3) is 0 Å². The minimum Gasteiger partial charge on any atom is -0.481 e. The van der Waals surface area contributed by atoms with E-state index in [1.54, 1.807) is 0 Å². The molecular formula is C37H35I2O4S+. The molecule has 0 heterocycles. The SMILES string of the molecule is CC1(OC(=O)COc2cc(I)c(Oc3ccc([S+](c4ccccc4)c4ccccc4)cc3)cc2I)C2CC3CC(C2)CC1C3. The van der Waals surface area contributed by atoms with Crippen molar-refractivity contribution in [2.24, 2.45) is 23.7 Å². The van der Waals surface area contributed by atoms with Crippen LogP contribution in [0.4, 0.5) is 0 Å². The second-order valence-corrected chi connectivity index (χ2v) is 16.8. The molecule has 4 aromatic rings. The van der Waals surface area contributed by atoms with Gasteiger partial charge in [0.05, 0.1) is 18.0 Å². The lowest BCUT2D eigenvalue weighted by Gasteiger charge is -2.59. The maximum Gasteiger partial charge on any atom is 0.344 e. The van der Waals surface area contributed by atoms with Gasteiger partial charge in [0.25, 0.3) is 0 Å². The molecule has 4 aliphatic rings. The number of halogens is 2. The molecule has 0 atom stereocenters. The van der Waals surface area contributed by atoms with Crippen molar-refractivity contribution < 1.29 is 19.0 Å². The lowest BCUT2D eigenvalue weighted by atomic mass is 9.50. The van der Waals surface area contributed by atoms with Crippen molar-refractivity contribution in [2.75, 3.05) is 6.61 Å². The van der Waals surface area contributed by atoms with Crippen LogP contribution in [0.3, 0.4) is 0 Å². The molecule has 4 bridgehead atoms.